The van der Waals surface area contributed by atoms with Crippen LogP contribution < -0.4 is 0 Å². The van der Waals surface area contributed by atoms with Crippen LogP contribution in [0, 0.1) is 0 Å². The molecule has 0 aromatic heterocycles. The van der Waals surface area contributed by atoms with Crippen molar-refractivity contribution in [1.29, 1.82) is 0 Å². The van der Waals surface area contributed by atoms with Crippen LogP contribution in [0.15, 0.2) is 48.5 Å². The number of hydrogen-bond acceptors (Lipinski definition) is 2. The van der Waals surface area contributed by atoms with E-state index in [4.69, 9.17) is 11.6 Å². The zero-order chi connectivity index (χ0) is 17.1. The molecule has 1 fully saturated rings. The van der Waals surface area contributed by atoms with Crippen LogP contribution in [-0.4, -0.2) is 47.8 Å². The number of benzene rings is 2. The zero-order valence-electron chi connectivity index (χ0n) is 13.5. The maximum atomic E-state index is 12.8. The molecule has 2 amide bonds. The van der Waals surface area contributed by atoms with Crippen LogP contribution in [0.25, 0.3) is 11.1 Å². The predicted octanol–water partition coefficient (Wildman–Crippen LogP) is 3.31. The summed E-state index contributed by atoms with van der Waals surface area (Å²) in [6.07, 6.45) is 0. The third-order valence-electron chi connectivity index (χ3n) is 4.31. The fourth-order valence-corrected chi connectivity index (χ4v) is 3.13. The van der Waals surface area contributed by atoms with Gasteiger partial charge < -0.3 is 9.80 Å². The summed E-state index contributed by atoms with van der Waals surface area (Å²) in [5.41, 5.74) is 2.46. The molecule has 2 aromatic rings. The standard InChI is InChI=1S/C19H19ClN2O2/c1-14(23)21-9-11-22(12-10-21)19(24)16-7-8-18(20)17(13-16)15-5-3-2-4-6-15/h2-8,13H,9-12H2,1H3. The molecule has 3 rings (SSSR count). The lowest BCUT2D eigenvalue weighted by Gasteiger charge is -2.34. The number of amides is 2. The highest BCUT2D eigenvalue weighted by molar-refractivity contribution is 6.33. The van der Waals surface area contributed by atoms with Crippen LogP contribution >= 0.6 is 11.6 Å². The van der Waals surface area contributed by atoms with Gasteiger partial charge in [-0.2, -0.15) is 0 Å². The van der Waals surface area contributed by atoms with E-state index < -0.39 is 0 Å². The summed E-state index contributed by atoms with van der Waals surface area (Å²) in [6, 6.07) is 15.2. The number of halogens is 1. The third-order valence-corrected chi connectivity index (χ3v) is 4.64. The summed E-state index contributed by atoms with van der Waals surface area (Å²) in [4.78, 5) is 27.7. The van der Waals surface area contributed by atoms with Crippen molar-refractivity contribution in [1.82, 2.24) is 9.80 Å². The van der Waals surface area contributed by atoms with Gasteiger partial charge in [0.1, 0.15) is 0 Å². The predicted molar refractivity (Wildman–Crippen MR) is 95.0 cm³/mol. The van der Waals surface area contributed by atoms with E-state index in [0.29, 0.717) is 36.8 Å². The lowest BCUT2D eigenvalue weighted by molar-refractivity contribution is -0.130. The van der Waals surface area contributed by atoms with Crippen molar-refractivity contribution in [3.8, 4) is 11.1 Å². The van der Waals surface area contributed by atoms with Gasteiger partial charge in [0.05, 0.1) is 0 Å². The van der Waals surface area contributed by atoms with Gasteiger partial charge in [-0.3, -0.25) is 9.59 Å². The van der Waals surface area contributed by atoms with Gasteiger partial charge in [-0.15, -0.1) is 0 Å². The van der Waals surface area contributed by atoms with Crippen molar-refractivity contribution in [3.05, 3.63) is 59.1 Å². The van der Waals surface area contributed by atoms with Crippen molar-refractivity contribution in [2.24, 2.45) is 0 Å². The summed E-state index contributed by atoms with van der Waals surface area (Å²) >= 11 is 6.31. The van der Waals surface area contributed by atoms with Crippen molar-refractivity contribution >= 4 is 23.4 Å². The Bertz CT molecular complexity index is 753. The fraction of sp³-hybridized carbons (Fsp3) is 0.263. The largest absolute Gasteiger partial charge is 0.339 e. The van der Waals surface area contributed by atoms with Crippen LogP contribution in [0.5, 0.6) is 0 Å². The zero-order valence-corrected chi connectivity index (χ0v) is 14.3. The van der Waals surface area contributed by atoms with E-state index in [1.165, 1.54) is 0 Å². The van der Waals surface area contributed by atoms with Crippen LogP contribution in [0.4, 0.5) is 0 Å². The molecule has 0 radical (unpaired) electrons. The van der Waals surface area contributed by atoms with Crippen LogP contribution in [0.3, 0.4) is 0 Å². The molecule has 124 valence electrons. The minimum atomic E-state index is -0.0213. The van der Waals surface area contributed by atoms with Crippen molar-refractivity contribution < 1.29 is 9.59 Å². The lowest BCUT2D eigenvalue weighted by Crippen LogP contribution is -2.50. The second-order valence-electron chi connectivity index (χ2n) is 5.86. The average molecular weight is 343 g/mol. The molecule has 0 spiro atoms. The Kier molecular flexibility index (Phi) is 4.86. The fourth-order valence-electron chi connectivity index (χ4n) is 2.90. The molecular weight excluding hydrogens is 324 g/mol. The molecule has 0 atom stereocenters. The Labute approximate surface area is 146 Å². The Morgan fingerprint density at radius 1 is 0.917 bits per heavy atom. The molecule has 0 unspecified atom stereocenters. The molecule has 0 N–H and O–H groups in total. The first-order valence-corrected chi connectivity index (χ1v) is 8.34. The number of nitrogens with zero attached hydrogens (tertiary/aromatic N) is 2. The molecule has 1 aliphatic rings. The lowest BCUT2D eigenvalue weighted by atomic mass is 10.0. The van der Waals surface area contributed by atoms with Gasteiger partial charge in [0.15, 0.2) is 0 Å². The molecule has 1 saturated heterocycles. The van der Waals surface area contributed by atoms with Crippen molar-refractivity contribution in [2.45, 2.75) is 6.92 Å². The highest BCUT2D eigenvalue weighted by Gasteiger charge is 2.23. The van der Waals surface area contributed by atoms with Gasteiger partial charge in [-0.1, -0.05) is 41.9 Å². The van der Waals surface area contributed by atoms with E-state index in [0.717, 1.165) is 11.1 Å². The van der Waals surface area contributed by atoms with Crippen molar-refractivity contribution in [2.75, 3.05) is 26.2 Å². The second kappa shape index (κ2) is 7.05. The Balaban J connectivity index is 1.80. The molecule has 1 heterocycles. The molecular formula is C19H19ClN2O2. The summed E-state index contributed by atoms with van der Waals surface area (Å²) in [5.74, 6) is 0.0343. The van der Waals surface area contributed by atoms with Gasteiger partial charge in [0.25, 0.3) is 5.91 Å². The van der Waals surface area contributed by atoms with Crippen LogP contribution in [-0.2, 0) is 4.79 Å². The normalized spacial score (nSPS) is 14.6. The topological polar surface area (TPSA) is 40.6 Å². The summed E-state index contributed by atoms with van der Waals surface area (Å²) in [5, 5.41) is 0.624. The molecule has 5 heteroatoms. The van der Waals surface area contributed by atoms with E-state index >= 15 is 0 Å². The molecule has 1 aliphatic heterocycles. The summed E-state index contributed by atoms with van der Waals surface area (Å²) < 4.78 is 0. The first kappa shape index (κ1) is 16.5. The minimum Gasteiger partial charge on any atom is -0.339 e. The Hall–Kier alpha value is -2.33. The summed E-state index contributed by atoms with van der Waals surface area (Å²) in [6.45, 7) is 3.84. The quantitative estimate of drug-likeness (QED) is 0.840. The number of carbonyl (C=O) groups is 2. The van der Waals surface area contributed by atoms with Gasteiger partial charge in [0, 0.05) is 49.3 Å². The average Bonchev–Trinajstić information content (AvgIpc) is 2.62. The van der Waals surface area contributed by atoms with E-state index in [-0.39, 0.29) is 11.8 Å². The second-order valence-corrected chi connectivity index (χ2v) is 6.27. The smallest absolute Gasteiger partial charge is 0.253 e. The van der Waals surface area contributed by atoms with Crippen molar-refractivity contribution in [3.63, 3.8) is 0 Å². The van der Waals surface area contributed by atoms with E-state index in [1.54, 1.807) is 28.9 Å². The first-order valence-electron chi connectivity index (χ1n) is 7.96. The molecule has 24 heavy (non-hydrogen) atoms. The molecule has 2 aromatic carbocycles. The molecule has 0 bridgehead atoms. The van der Waals surface area contributed by atoms with E-state index in [9.17, 15) is 9.59 Å². The summed E-state index contributed by atoms with van der Waals surface area (Å²) in [7, 11) is 0. The number of carbonyl (C=O) groups excluding carboxylic acids is 2. The van der Waals surface area contributed by atoms with Gasteiger partial charge in [0.2, 0.25) is 5.91 Å². The maximum Gasteiger partial charge on any atom is 0.253 e. The number of hydrogen-bond donors (Lipinski definition) is 0. The minimum absolute atomic E-state index is 0.0213. The van der Waals surface area contributed by atoms with E-state index in [1.807, 2.05) is 36.4 Å². The molecule has 0 aliphatic carbocycles. The molecule has 4 nitrogen and oxygen atoms in total. The maximum absolute atomic E-state index is 12.8. The SMILES string of the molecule is CC(=O)N1CCN(C(=O)c2ccc(Cl)c(-c3ccccc3)c2)CC1. The number of piperazine rings is 1. The van der Waals surface area contributed by atoms with E-state index in [2.05, 4.69) is 0 Å². The monoisotopic (exact) mass is 342 g/mol. The molecule has 0 saturated carbocycles. The third kappa shape index (κ3) is 3.44. The van der Waals surface area contributed by atoms with Gasteiger partial charge >= 0.3 is 0 Å². The highest BCUT2D eigenvalue weighted by atomic mass is 35.5. The van der Waals surface area contributed by atoms with Gasteiger partial charge in [-0.25, -0.2) is 0 Å². The van der Waals surface area contributed by atoms with Crippen LogP contribution in [0.1, 0.15) is 17.3 Å². The first-order chi connectivity index (χ1) is 11.6. The Morgan fingerprint density at radius 2 is 1.54 bits per heavy atom. The van der Waals surface area contributed by atoms with Crippen LogP contribution in [0.2, 0.25) is 5.02 Å². The Morgan fingerprint density at radius 3 is 2.17 bits per heavy atom. The number of rotatable bonds is 2. The van der Waals surface area contributed by atoms with Gasteiger partial charge in [-0.05, 0) is 23.8 Å². The highest BCUT2D eigenvalue weighted by Crippen LogP contribution is 2.29.